The molecule has 8 heteroatoms. The van der Waals surface area contributed by atoms with Gasteiger partial charge in [-0.15, -0.1) is 12.4 Å². The molecule has 0 amide bonds. The topological polar surface area (TPSA) is 62.7 Å². The Labute approximate surface area is 133 Å². The molecule has 5 nitrogen and oxygen atoms in total. The molecule has 20 heavy (non-hydrogen) atoms. The van der Waals surface area contributed by atoms with E-state index in [0.29, 0.717) is 34.4 Å². The Morgan fingerprint density at radius 2 is 2.15 bits per heavy atom. The molecule has 1 aliphatic rings. The zero-order valence-electron chi connectivity index (χ0n) is 10.7. The van der Waals surface area contributed by atoms with E-state index >= 15 is 0 Å². The fourth-order valence-electron chi connectivity index (χ4n) is 1.72. The molecule has 1 heterocycles. The second-order valence-corrected chi connectivity index (χ2v) is 4.87. The van der Waals surface area contributed by atoms with Gasteiger partial charge in [0.2, 0.25) is 0 Å². The van der Waals surface area contributed by atoms with Crippen molar-refractivity contribution in [2.45, 2.75) is 18.9 Å². The zero-order valence-corrected chi connectivity index (χ0v) is 13.0. The van der Waals surface area contributed by atoms with Gasteiger partial charge < -0.3 is 4.74 Å². The minimum atomic E-state index is -0.427. The maximum atomic E-state index is 11.3. The van der Waals surface area contributed by atoms with Crippen LogP contribution in [0.2, 0.25) is 10.0 Å². The summed E-state index contributed by atoms with van der Waals surface area (Å²) < 4.78 is 4.65. The highest BCUT2D eigenvalue weighted by molar-refractivity contribution is 6.35. The number of ether oxygens (including phenoxy) is 1. The third-order valence-corrected chi connectivity index (χ3v) is 3.27. The van der Waals surface area contributed by atoms with E-state index in [1.807, 2.05) is 0 Å². The van der Waals surface area contributed by atoms with Crippen molar-refractivity contribution >= 4 is 53.1 Å². The van der Waals surface area contributed by atoms with Gasteiger partial charge in [-0.25, -0.2) is 4.79 Å². The number of anilines is 1. The number of carbonyl (C=O) groups is 1. The minimum absolute atomic E-state index is 0. The summed E-state index contributed by atoms with van der Waals surface area (Å²) in [5, 5.41) is 1.12. The Morgan fingerprint density at radius 3 is 2.85 bits per heavy atom. The van der Waals surface area contributed by atoms with Crippen molar-refractivity contribution in [1.82, 2.24) is 5.43 Å². The first kappa shape index (κ1) is 16.9. The molecule has 0 aliphatic carbocycles. The lowest BCUT2D eigenvalue weighted by Gasteiger charge is -2.10. The summed E-state index contributed by atoms with van der Waals surface area (Å²) in [4.78, 5) is 15.5. The third-order valence-electron chi connectivity index (χ3n) is 2.71. The fraction of sp³-hybridized carbons (Fsp3) is 0.333. The number of nitrogens with zero attached hydrogens (tertiary/aromatic N) is 1. The zero-order chi connectivity index (χ0) is 13.8. The molecule has 1 aromatic carbocycles. The normalized spacial score (nSPS) is 16.9. The Morgan fingerprint density at radius 1 is 1.40 bits per heavy atom. The molecule has 1 atom stereocenters. The lowest BCUT2D eigenvalue weighted by molar-refractivity contribution is -0.141. The highest BCUT2D eigenvalue weighted by Gasteiger charge is 2.24. The number of amidine groups is 1. The number of hydrogen-bond acceptors (Lipinski definition) is 5. The SMILES string of the molecule is COC(=O)C1CCC(NNc2cc(Cl)ccc2Cl)=N1.Cl. The number of hydrogen-bond donors (Lipinski definition) is 2. The summed E-state index contributed by atoms with van der Waals surface area (Å²) in [5.74, 6) is 0.365. The van der Waals surface area contributed by atoms with Crippen molar-refractivity contribution in [3.8, 4) is 0 Å². The molecule has 1 aromatic rings. The van der Waals surface area contributed by atoms with Gasteiger partial charge in [0.05, 0.1) is 17.8 Å². The van der Waals surface area contributed by atoms with Gasteiger partial charge in [0.1, 0.15) is 11.9 Å². The van der Waals surface area contributed by atoms with Crippen LogP contribution in [-0.4, -0.2) is 25.0 Å². The number of carbonyl (C=O) groups excluding carboxylic acids is 1. The molecule has 1 aliphatic heterocycles. The number of benzene rings is 1. The minimum Gasteiger partial charge on any atom is -0.467 e. The molecule has 0 saturated carbocycles. The number of methoxy groups -OCH3 is 1. The largest absolute Gasteiger partial charge is 0.467 e. The average molecular weight is 339 g/mol. The van der Waals surface area contributed by atoms with Crippen LogP contribution < -0.4 is 10.9 Å². The van der Waals surface area contributed by atoms with E-state index in [1.165, 1.54) is 7.11 Å². The van der Waals surface area contributed by atoms with Crippen molar-refractivity contribution in [2.75, 3.05) is 12.5 Å². The summed E-state index contributed by atoms with van der Waals surface area (Å²) in [5.41, 5.74) is 6.50. The summed E-state index contributed by atoms with van der Waals surface area (Å²) in [6.07, 6.45) is 1.31. The van der Waals surface area contributed by atoms with Crippen LogP contribution in [0.3, 0.4) is 0 Å². The first-order valence-corrected chi connectivity index (χ1v) is 6.47. The Kier molecular flexibility index (Phi) is 6.39. The van der Waals surface area contributed by atoms with Crippen LogP contribution in [0.25, 0.3) is 0 Å². The quantitative estimate of drug-likeness (QED) is 0.657. The number of hydrazine groups is 1. The molecule has 0 radical (unpaired) electrons. The van der Waals surface area contributed by atoms with Crippen LogP contribution in [0.1, 0.15) is 12.8 Å². The van der Waals surface area contributed by atoms with E-state index in [1.54, 1.807) is 18.2 Å². The lowest BCUT2D eigenvalue weighted by atomic mass is 10.2. The molecule has 0 bridgehead atoms. The molecular formula is C12H14Cl3N3O2. The van der Waals surface area contributed by atoms with Crippen molar-refractivity contribution in [1.29, 1.82) is 0 Å². The summed E-state index contributed by atoms with van der Waals surface area (Å²) >= 11 is 11.9. The molecule has 0 aromatic heterocycles. The molecule has 2 rings (SSSR count). The monoisotopic (exact) mass is 337 g/mol. The molecule has 0 spiro atoms. The molecule has 0 saturated heterocycles. The van der Waals surface area contributed by atoms with Gasteiger partial charge in [-0.05, 0) is 24.6 Å². The Hall–Kier alpha value is -1.17. The van der Waals surface area contributed by atoms with E-state index in [9.17, 15) is 4.79 Å². The number of esters is 1. The molecule has 1 unspecified atom stereocenters. The Balaban J connectivity index is 0.00000200. The number of aliphatic imine (C=N–C) groups is 1. The van der Waals surface area contributed by atoms with Crippen molar-refractivity contribution in [3.05, 3.63) is 28.2 Å². The number of nitrogens with one attached hydrogen (secondary N) is 2. The van der Waals surface area contributed by atoms with Gasteiger partial charge in [-0.2, -0.15) is 0 Å². The van der Waals surface area contributed by atoms with Gasteiger partial charge >= 0.3 is 5.97 Å². The van der Waals surface area contributed by atoms with E-state index in [-0.39, 0.29) is 18.4 Å². The summed E-state index contributed by atoms with van der Waals surface area (Å²) in [6, 6.07) is 4.67. The van der Waals surface area contributed by atoms with Gasteiger partial charge in [0.15, 0.2) is 0 Å². The van der Waals surface area contributed by atoms with Crippen LogP contribution in [0.4, 0.5) is 5.69 Å². The van der Waals surface area contributed by atoms with Gasteiger partial charge in [-0.1, -0.05) is 23.2 Å². The van der Waals surface area contributed by atoms with E-state index in [0.717, 1.165) is 0 Å². The second-order valence-electron chi connectivity index (χ2n) is 4.03. The smallest absolute Gasteiger partial charge is 0.330 e. The van der Waals surface area contributed by atoms with Gasteiger partial charge in [0, 0.05) is 11.4 Å². The van der Waals surface area contributed by atoms with Gasteiger partial charge in [-0.3, -0.25) is 15.8 Å². The molecular weight excluding hydrogens is 325 g/mol. The predicted octanol–water partition coefficient (Wildman–Crippen LogP) is 3.07. The van der Waals surface area contributed by atoms with Crippen LogP contribution in [0.15, 0.2) is 23.2 Å². The maximum Gasteiger partial charge on any atom is 0.330 e. The van der Waals surface area contributed by atoms with E-state index in [4.69, 9.17) is 23.2 Å². The maximum absolute atomic E-state index is 11.3. The summed E-state index contributed by atoms with van der Waals surface area (Å²) in [7, 11) is 1.35. The molecule has 2 N–H and O–H groups in total. The van der Waals surface area contributed by atoms with Gasteiger partial charge in [0.25, 0.3) is 0 Å². The Bertz CT molecular complexity index is 523. The van der Waals surface area contributed by atoms with Crippen LogP contribution in [0.5, 0.6) is 0 Å². The van der Waals surface area contributed by atoms with E-state index in [2.05, 4.69) is 20.6 Å². The van der Waals surface area contributed by atoms with Crippen molar-refractivity contribution < 1.29 is 9.53 Å². The van der Waals surface area contributed by atoms with Crippen molar-refractivity contribution in [2.24, 2.45) is 4.99 Å². The number of rotatable bonds is 3. The predicted molar refractivity (Wildman–Crippen MR) is 82.9 cm³/mol. The van der Waals surface area contributed by atoms with Crippen LogP contribution in [-0.2, 0) is 9.53 Å². The standard InChI is InChI=1S/C12H13Cl2N3O2.ClH/c1-19-12(18)9-4-5-11(15-9)17-16-10-6-7(13)2-3-8(10)14;/h2-3,6,9,16H,4-5H2,1H3,(H,15,17);1H. The fourth-order valence-corrected chi connectivity index (χ4v) is 2.06. The van der Waals surface area contributed by atoms with E-state index < -0.39 is 6.04 Å². The highest BCUT2D eigenvalue weighted by atomic mass is 35.5. The average Bonchev–Trinajstić information content (AvgIpc) is 2.88. The third kappa shape index (κ3) is 4.16. The molecule has 110 valence electrons. The van der Waals surface area contributed by atoms with Crippen LogP contribution >= 0.6 is 35.6 Å². The summed E-state index contributed by atoms with van der Waals surface area (Å²) in [6.45, 7) is 0. The highest BCUT2D eigenvalue weighted by Crippen LogP contribution is 2.24. The van der Waals surface area contributed by atoms with Crippen LogP contribution in [0, 0.1) is 0 Å². The lowest BCUT2D eigenvalue weighted by Crippen LogP contribution is -2.28. The second kappa shape index (κ2) is 7.57. The first-order chi connectivity index (χ1) is 9.10. The number of halogens is 3. The first-order valence-electron chi connectivity index (χ1n) is 5.71. The van der Waals surface area contributed by atoms with Crippen molar-refractivity contribution in [3.63, 3.8) is 0 Å². The molecule has 0 fully saturated rings.